The fraction of sp³-hybridized carbons (Fsp3) is 0.150. The molecule has 4 nitrogen and oxygen atoms in total. The van der Waals surface area contributed by atoms with Crippen LogP contribution in [0.5, 0.6) is 5.75 Å². The third kappa shape index (κ3) is 3.70. The molecule has 0 heterocycles. The van der Waals surface area contributed by atoms with Crippen molar-refractivity contribution in [2.75, 3.05) is 0 Å². The molecule has 3 aromatic rings. The lowest BCUT2D eigenvalue weighted by atomic mass is 9.99. The van der Waals surface area contributed by atoms with Gasteiger partial charge in [0.15, 0.2) is 0 Å². The molecule has 1 unspecified atom stereocenters. The van der Waals surface area contributed by atoms with Crippen LogP contribution < -0.4 is 4.52 Å². The molecule has 0 saturated heterocycles. The van der Waals surface area contributed by atoms with Crippen molar-refractivity contribution in [3.05, 3.63) is 76.9 Å². The second-order valence-electron chi connectivity index (χ2n) is 5.95. The highest BCUT2D eigenvalue weighted by Gasteiger charge is 2.30. The molecule has 0 saturated carbocycles. The molecule has 0 radical (unpaired) electrons. The molecule has 0 aliphatic heterocycles. The van der Waals surface area contributed by atoms with Crippen LogP contribution in [0, 0.1) is 20.8 Å². The Hall–Kier alpha value is -2.71. The van der Waals surface area contributed by atoms with Crippen LogP contribution in [0.3, 0.4) is 0 Å². The molecule has 25 heavy (non-hydrogen) atoms. The van der Waals surface area contributed by atoms with Gasteiger partial charge in [-0.2, -0.15) is 4.52 Å². The summed E-state index contributed by atoms with van der Waals surface area (Å²) >= 11 is 0. The van der Waals surface area contributed by atoms with Gasteiger partial charge < -0.3 is 0 Å². The van der Waals surface area contributed by atoms with Gasteiger partial charge in [-0.3, -0.25) is 0 Å². The zero-order chi connectivity index (χ0) is 18.0. The third-order valence-electron chi connectivity index (χ3n) is 3.97. The van der Waals surface area contributed by atoms with Gasteiger partial charge in [-0.05, 0) is 49.4 Å². The zero-order valence-corrected chi connectivity index (χ0v) is 15.2. The van der Waals surface area contributed by atoms with Crippen molar-refractivity contribution >= 4 is 25.0 Å². The highest BCUT2D eigenvalue weighted by atomic mass is 31.1. The van der Waals surface area contributed by atoms with E-state index in [4.69, 9.17) is 9.05 Å². The van der Waals surface area contributed by atoms with E-state index in [1.54, 1.807) is 30.3 Å². The summed E-state index contributed by atoms with van der Waals surface area (Å²) in [5, 5.41) is 1.88. The summed E-state index contributed by atoms with van der Waals surface area (Å²) < 4.78 is 22.7. The number of hydrogen-bond acceptors (Lipinski definition) is 4. The number of hydrogen-bond donors (Lipinski definition) is 0. The maximum atomic E-state index is 12.2. The number of benzene rings is 3. The fourth-order valence-electron chi connectivity index (χ4n) is 2.77. The van der Waals surface area contributed by atoms with Crippen molar-refractivity contribution < 1.29 is 18.4 Å². The zero-order valence-electron chi connectivity index (χ0n) is 14.3. The van der Waals surface area contributed by atoms with E-state index in [-0.39, 0.29) is 0 Å². The second-order valence-corrected chi connectivity index (χ2v) is 6.76. The molecule has 0 bridgehead atoms. The first-order valence-electron chi connectivity index (χ1n) is 7.89. The average molecular weight is 353 g/mol. The van der Waals surface area contributed by atoms with Crippen LogP contribution in [-0.4, -0.2) is 5.97 Å². The van der Waals surface area contributed by atoms with Crippen LogP contribution in [0.2, 0.25) is 0 Å². The summed E-state index contributed by atoms with van der Waals surface area (Å²) in [7, 11) is -2.63. The van der Waals surface area contributed by atoms with E-state index in [1.165, 1.54) is 0 Å². The number of carbonyl (C=O) groups excluding carboxylic acids is 1. The smallest absolute Gasteiger partial charge is 0.241 e. The molecule has 0 aliphatic rings. The largest absolute Gasteiger partial charge is 0.808 e. The third-order valence-corrected chi connectivity index (χ3v) is 4.62. The maximum absolute atomic E-state index is 12.2. The Bertz CT molecular complexity index is 964. The van der Waals surface area contributed by atoms with Crippen molar-refractivity contribution in [2.45, 2.75) is 20.8 Å². The topological polar surface area (TPSA) is 52.6 Å². The summed E-state index contributed by atoms with van der Waals surface area (Å²) in [4.78, 5) is 12.0. The van der Waals surface area contributed by atoms with E-state index in [2.05, 4.69) is 6.07 Å². The molecule has 5 heteroatoms. The van der Waals surface area contributed by atoms with Crippen molar-refractivity contribution in [1.29, 1.82) is 0 Å². The van der Waals surface area contributed by atoms with Crippen molar-refractivity contribution in [3.63, 3.8) is 0 Å². The highest BCUT2D eigenvalue weighted by molar-refractivity contribution is 7.34. The minimum Gasteiger partial charge on any atom is -0.241 e. The van der Waals surface area contributed by atoms with Crippen LogP contribution >= 0.6 is 8.25 Å². The first-order chi connectivity index (χ1) is 12.0. The van der Waals surface area contributed by atoms with Crippen LogP contribution in [0.4, 0.5) is 0 Å². The number of fused-ring (bicyclic) bond motifs is 1. The average Bonchev–Trinajstić information content (AvgIpc) is 2.59. The number of rotatable bonds is 4. The lowest BCUT2D eigenvalue weighted by molar-refractivity contribution is 0.0733. The summed E-state index contributed by atoms with van der Waals surface area (Å²) in [6.45, 7) is 5.92. The monoisotopic (exact) mass is 353 g/mol. The lowest BCUT2D eigenvalue weighted by Gasteiger charge is -2.08. The number of aryl methyl sites for hydroxylation is 3. The van der Waals surface area contributed by atoms with Crippen LogP contribution in [0.25, 0.3) is 10.8 Å². The standard InChI is InChI=1S/C20H18O4P/c1-13-9-10-17-18(11-13)14(2)12-15(3)19(17)23-25(22)24-20(21)16-7-5-4-6-8-16/h4-12H,1-3H3/q+1. The van der Waals surface area contributed by atoms with E-state index in [9.17, 15) is 9.36 Å². The minimum atomic E-state index is -2.63. The van der Waals surface area contributed by atoms with Gasteiger partial charge in [-0.1, -0.05) is 48.0 Å². The Kier molecular flexibility index (Phi) is 4.82. The Morgan fingerprint density at radius 3 is 2.32 bits per heavy atom. The van der Waals surface area contributed by atoms with Crippen molar-refractivity contribution in [2.24, 2.45) is 0 Å². The van der Waals surface area contributed by atoms with Crippen LogP contribution in [0.15, 0.2) is 54.6 Å². The molecular weight excluding hydrogens is 335 g/mol. The number of carbonyl (C=O) groups is 1. The normalized spacial score (nSPS) is 11.2. The molecule has 0 aliphatic carbocycles. The molecule has 3 aromatic carbocycles. The Morgan fingerprint density at radius 2 is 1.60 bits per heavy atom. The first kappa shape index (κ1) is 17.1. The molecule has 126 valence electrons. The Balaban J connectivity index is 1.88. The van der Waals surface area contributed by atoms with E-state index >= 15 is 0 Å². The lowest BCUT2D eigenvalue weighted by Crippen LogP contribution is -2.01. The van der Waals surface area contributed by atoms with Gasteiger partial charge in [-0.25, -0.2) is 9.32 Å². The van der Waals surface area contributed by atoms with Gasteiger partial charge in [0.2, 0.25) is 5.75 Å². The molecule has 0 N–H and O–H groups in total. The molecule has 0 fully saturated rings. The molecular formula is C20H18O4P+. The van der Waals surface area contributed by atoms with Crippen LogP contribution in [0.1, 0.15) is 27.0 Å². The SMILES string of the molecule is Cc1ccc2c(O[P+](=O)OC(=O)c3ccccc3)c(C)cc(C)c2c1. The Morgan fingerprint density at radius 1 is 0.880 bits per heavy atom. The molecule has 0 amide bonds. The predicted octanol–water partition coefficient (Wildman–Crippen LogP) is 5.66. The molecule has 0 spiro atoms. The van der Waals surface area contributed by atoms with E-state index in [0.29, 0.717) is 11.3 Å². The van der Waals surface area contributed by atoms with Gasteiger partial charge in [0.05, 0.1) is 5.56 Å². The van der Waals surface area contributed by atoms with E-state index < -0.39 is 14.2 Å². The van der Waals surface area contributed by atoms with E-state index in [0.717, 1.165) is 27.5 Å². The molecule has 0 aromatic heterocycles. The molecule has 3 rings (SSSR count). The van der Waals surface area contributed by atoms with Crippen LogP contribution in [-0.2, 0) is 9.09 Å². The fourth-order valence-corrected chi connectivity index (χ4v) is 3.44. The van der Waals surface area contributed by atoms with Gasteiger partial charge in [0.1, 0.15) is 0 Å². The summed E-state index contributed by atoms with van der Waals surface area (Å²) in [6, 6.07) is 16.3. The molecule has 1 atom stereocenters. The van der Waals surface area contributed by atoms with E-state index in [1.807, 2.05) is 39.0 Å². The summed E-state index contributed by atoms with van der Waals surface area (Å²) in [5.74, 6) is -0.200. The quantitative estimate of drug-likeness (QED) is 0.568. The Labute approximate surface area is 147 Å². The van der Waals surface area contributed by atoms with Crippen molar-refractivity contribution in [1.82, 2.24) is 0 Å². The maximum Gasteiger partial charge on any atom is 0.808 e. The van der Waals surface area contributed by atoms with Crippen molar-refractivity contribution in [3.8, 4) is 5.75 Å². The highest BCUT2D eigenvalue weighted by Crippen LogP contribution is 2.38. The summed E-state index contributed by atoms with van der Waals surface area (Å²) in [5.41, 5.74) is 3.41. The second kappa shape index (κ2) is 7.04. The minimum absolute atomic E-state index is 0.329. The van der Waals surface area contributed by atoms with Gasteiger partial charge in [0, 0.05) is 9.95 Å². The predicted molar refractivity (Wildman–Crippen MR) is 98.3 cm³/mol. The van der Waals surface area contributed by atoms with Gasteiger partial charge in [0.25, 0.3) is 0 Å². The summed E-state index contributed by atoms with van der Waals surface area (Å²) in [6.07, 6.45) is 0. The van der Waals surface area contributed by atoms with Gasteiger partial charge >= 0.3 is 14.2 Å². The first-order valence-corrected chi connectivity index (χ1v) is 8.98. The van der Waals surface area contributed by atoms with Gasteiger partial charge in [-0.15, -0.1) is 0 Å².